The predicted octanol–water partition coefficient (Wildman–Crippen LogP) is 4.53. The molecule has 0 aliphatic carbocycles. The number of rotatable bonds is 4. The molecule has 2 nitrogen and oxygen atoms in total. The molecule has 1 heterocycles. The van der Waals surface area contributed by atoms with Gasteiger partial charge < -0.3 is 9.47 Å². The Balaban J connectivity index is 3.37. The van der Waals surface area contributed by atoms with Gasteiger partial charge >= 0.3 is 18.0 Å². The van der Waals surface area contributed by atoms with E-state index < -0.39 is 42.9 Å². The third-order valence-electron chi connectivity index (χ3n) is 3.35. The van der Waals surface area contributed by atoms with Crippen molar-refractivity contribution in [3.8, 4) is 0 Å². The summed E-state index contributed by atoms with van der Waals surface area (Å²) < 4.78 is 101. The van der Waals surface area contributed by atoms with Gasteiger partial charge in [0.2, 0.25) is 5.79 Å². The molecule has 0 saturated carbocycles. The minimum Gasteiger partial charge on any atom is -0.346 e. The van der Waals surface area contributed by atoms with E-state index in [1.165, 1.54) is 13.8 Å². The lowest BCUT2D eigenvalue weighted by atomic mass is 9.85. The monoisotopic (exact) mass is 326 g/mol. The lowest BCUT2D eigenvalue weighted by Crippen LogP contribution is -2.71. The number of hydrogen-bond acceptors (Lipinski definition) is 2. The van der Waals surface area contributed by atoms with Gasteiger partial charge in [-0.3, -0.25) is 0 Å². The molecule has 1 rings (SSSR count). The van der Waals surface area contributed by atoms with Gasteiger partial charge in [0.1, 0.15) is 0 Å². The van der Waals surface area contributed by atoms with Crippen molar-refractivity contribution in [3.05, 3.63) is 0 Å². The molecule has 0 aromatic heterocycles. The van der Waals surface area contributed by atoms with E-state index in [-0.39, 0.29) is 19.3 Å². The molecule has 126 valence electrons. The van der Waals surface area contributed by atoms with Crippen molar-refractivity contribution >= 4 is 0 Å². The Labute approximate surface area is 117 Å². The summed E-state index contributed by atoms with van der Waals surface area (Å²) in [6.07, 6.45) is -13.9. The summed E-state index contributed by atoms with van der Waals surface area (Å²) in [7, 11) is 0. The Kier molecular flexibility index (Phi) is 5.20. The van der Waals surface area contributed by atoms with Crippen LogP contribution in [0.1, 0.15) is 39.5 Å². The van der Waals surface area contributed by atoms with E-state index >= 15 is 0 Å². The summed E-state index contributed by atoms with van der Waals surface area (Å²) >= 11 is 0. The summed E-state index contributed by atoms with van der Waals surface area (Å²) in [4.78, 5) is 0. The quantitative estimate of drug-likeness (QED) is 0.707. The first-order chi connectivity index (χ1) is 9.41. The second-order valence-corrected chi connectivity index (χ2v) is 5.08. The summed E-state index contributed by atoms with van der Waals surface area (Å²) in [5.41, 5.74) is -5.57. The SMILES string of the molecule is CCCOC1(C(F)(C(F)(F)F)C(F)(F)F)CCCC(C)O1. The molecule has 21 heavy (non-hydrogen) atoms. The van der Waals surface area contributed by atoms with Crippen LogP contribution in [0.15, 0.2) is 0 Å². The summed E-state index contributed by atoms with van der Waals surface area (Å²) in [5.74, 6) is -3.39. The Morgan fingerprint density at radius 1 is 1.10 bits per heavy atom. The molecule has 0 N–H and O–H groups in total. The highest BCUT2D eigenvalue weighted by Crippen LogP contribution is 2.57. The van der Waals surface area contributed by atoms with E-state index in [1.807, 2.05) is 0 Å². The standard InChI is InChI=1S/C12H17F7O2/c1-3-7-20-9(6-4-5-8(2)21-9)10(13,11(14,15)16)12(17,18)19/h8H,3-7H2,1-2H3. The average molecular weight is 326 g/mol. The first kappa shape index (κ1) is 18.5. The molecule has 1 aliphatic heterocycles. The zero-order valence-electron chi connectivity index (χ0n) is 11.6. The normalized spacial score (nSPS) is 28.7. The third-order valence-corrected chi connectivity index (χ3v) is 3.35. The van der Waals surface area contributed by atoms with Gasteiger partial charge in [-0.25, -0.2) is 4.39 Å². The van der Waals surface area contributed by atoms with Gasteiger partial charge in [-0.15, -0.1) is 0 Å². The number of alkyl halides is 7. The molecule has 0 bridgehead atoms. The fraction of sp³-hybridized carbons (Fsp3) is 1.00. The van der Waals surface area contributed by atoms with Gasteiger partial charge in [0.25, 0.3) is 0 Å². The van der Waals surface area contributed by atoms with Crippen molar-refractivity contribution in [2.75, 3.05) is 6.61 Å². The van der Waals surface area contributed by atoms with Gasteiger partial charge in [-0.2, -0.15) is 26.3 Å². The van der Waals surface area contributed by atoms with Crippen LogP contribution in [-0.2, 0) is 9.47 Å². The second kappa shape index (κ2) is 5.91. The van der Waals surface area contributed by atoms with Crippen LogP contribution in [0.25, 0.3) is 0 Å². The molecule has 0 aromatic rings. The van der Waals surface area contributed by atoms with E-state index in [0.29, 0.717) is 0 Å². The van der Waals surface area contributed by atoms with E-state index in [0.717, 1.165) is 0 Å². The van der Waals surface area contributed by atoms with Crippen LogP contribution in [0.4, 0.5) is 30.7 Å². The Morgan fingerprint density at radius 2 is 1.62 bits per heavy atom. The first-order valence-electron chi connectivity index (χ1n) is 6.55. The van der Waals surface area contributed by atoms with Crippen molar-refractivity contribution in [2.45, 2.75) is 69.4 Å². The maximum atomic E-state index is 14.3. The third kappa shape index (κ3) is 3.13. The van der Waals surface area contributed by atoms with Gasteiger partial charge in [0.15, 0.2) is 0 Å². The molecule has 0 radical (unpaired) electrons. The lowest BCUT2D eigenvalue weighted by Gasteiger charge is -2.48. The topological polar surface area (TPSA) is 18.5 Å². The van der Waals surface area contributed by atoms with Crippen molar-refractivity contribution in [3.63, 3.8) is 0 Å². The maximum absolute atomic E-state index is 14.3. The molecule has 9 heteroatoms. The Hall–Kier alpha value is -0.570. The number of ether oxygens (including phenoxy) is 2. The summed E-state index contributed by atoms with van der Waals surface area (Å²) in [6, 6.07) is 0. The molecule has 2 atom stereocenters. The molecule has 1 saturated heterocycles. The van der Waals surface area contributed by atoms with Crippen LogP contribution in [0.5, 0.6) is 0 Å². The highest BCUT2D eigenvalue weighted by Gasteiger charge is 2.83. The highest BCUT2D eigenvalue weighted by atomic mass is 19.4. The maximum Gasteiger partial charge on any atom is 0.437 e. The van der Waals surface area contributed by atoms with Crippen LogP contribution < -0.4 is 0 Å². The smallest absolute Gasteiger partial charge is 0.346 e. The van der Waals surface area contributed by atoms with Gasteiger partial charge in [0, 0.05) is 13.0 Å². The van der Waals surface area contributed by atoms with Crippen molar-refractivity contribution in [1.29, 1.82) is 0 Å². The molecular weight excluding hydrogens is 309 g/mol. The van der Waals surface area contributed by atoms with Gasteiger partial charge in [0.05, 0.1) is 6.10 Å². The molecule has 0 spiro atoms. The van der Waals surface area contributed by atoms with Crippen LogP contribution in [-0.4, -0.2) is 36.5 Å². The molecule has 0 amide bonds. The average Bonchev–Trinajstić information content (AvgIpc) is 2.32. The van der Waals surface area contributed by atoms with Crippen LogP contribution in [0.2, 0.25) is 0 Å². The van der Waals surface area contributed by atoms with Crippen molar-refractivity contribution in [1.82, 2.24) is 0 Å². The second-order valence-electron chi connectivity index (χ2n) is 5.08. The molecule has 1 fully saturated rings. The fourth-order valence-corrected chi connectivity index (χ4v) is 2.38. The molecule has 2 unspecified atom stereocenters. The van der Waals surface area contributed by atoms with Crippen LogP contribution in [0, 0.1) is 0 Å². The highest BCUT2D eigenvalue weighted by molar-refractivity contribution is 5.08. The minimum absolute atomic E-state index is 0.0529. The van der Waals surface area contributed by atoms with Crippen molar-refractivity contribution < 1.29 is 40.2 Å². The Morgan fingerprint density at radius 3 is 2.00 bits per heavy atom. The molecule has 0 aromatic carbocycles. The van der Waals surface area contributed by atoms with E-state index in [9.17, 15) is 30.7 Å². The Bertz CT molecular complexity index is 338. The summed E-state index contributed by atoms with van der Waals surface area (Å²) in [6.45, 7) is 2.31. The largest absolute Gasteiger partial charge is 0.437 e. The first-order valence-corrected chi connectivity index (χ1v) is 6.55. The van der Waals surface area contributed by atoms with Crippen molar-refractivity contribution in [2.24, 2.45) is 0 Å². The van der Waals surface area contributed by atoms with Gasteiger partial charge in [-0.1, -0.05) is 6.92 Å². The predicted molar refractivity (Wildman–Crippen MR) is 59.3 cm³/mol. The van der Waals surface area contributed by atoms with E-state index in [2.05, 4.69) is 4.74 Å². The molecule has 1 aliphatic rings. The number of halogens is 7. The van der Waals surface area contributed by atoms with E-state index in [4.69, 9.17) is 4.74 Å². The molecular formula is C12H17F7O2. The lowest BCUT2D eigenvalue weighted by molar-refractivity contribution is -0.453. The van der Waals surface area contributed by atoms with Gasteiger partial charge in [-0.05, 0) is 26.2 Å². The number of hydrogen-bond donors (Lipinski definition) is 0. The zero-order valence-corrected chi connectivity index (χ0v) is 11.6. The fourth-order valence-electron chi connectivity index (χ4n) is 2.38. The van der Waals surface area contributed by atoms with E-state index in [1.54, 1.807) is 0 Å². The summed E-state index contributed by atoms with van der Waals surface area (Å²) in [5, 5.41) is 0. The minimum atomic E-state index is -6.20. The zero-order chi connectivity index (χ0) is 16.5. The van der Waals surface area contributed by atoms with Crippen LogP contribution in [0.3, 0.4) is 0 Å². The van der Waals surface area contributed by atoms with Crippen LogP contribution >= 0.6 is 0 Å².